The number of thiazole rings is 1. The molecule has 0 saturated heterocycles. The second-order valence-electron chi connectivity index (χ2n) is 5.81. The fourth-order valence-electron chi connectivity index (χ4n) is 2.47. The number of thioether (sulfide) groups is 1. The zero-order valence-electron chi connectivity index (χ0n) is 14.0. The molecule has 27 heavy (non-hydrogen) atoms. The molecule has 0 unspecified atom stereocenters. The summed E-state index contributed by atoms with van der Waals surface area (Å²) in [5.41, 5.74) is -0.381. The average molecular weight is 413 g/mol. The maximum absolute atomic E-state index is 13.0. The van der Waals surface area contributed by atoms with Crippen molar-refractivity contribution in [2.24, 2.45) is 4.99 Å². The first kappa shape index (κ1) is 19.6. The number of aromatic nitrogens is 1. The van der Waals surface area contributed by atoms with E-state index in [1.807, 2.05) is 12.3 Å². The fraction of sp³-hybridized carbons (Fsp3) is 0.294. The van der Waals surface area contributed by atoms with E-state index in [4.69, 9.17) is 0 Å². The van der Waals surface area contributed by atoms with Crippen LogP contribution in [0.1, 0.15) is 22.7 Å². The number of rotatable bonds is 5. The molecule has 142 valence electrons. The molecule has 5 nitrogen and oxygen atoms in total. The van der Waals surface area contributed by atoms with Gasteiger partial charge in [0, 0.05) is 23.9 Å². The summed E-state index contributed by atoms with van der Waals surface area (Å²) in [6, 6.07) is 4.71. The Hall–Kier alpha value is -2.20. The van der Waals surface area contributed by atoms with Gasteiger partial charge in [-0.2, -0.15) is 13.2 Å². The van der Waals surface area contributed by atoms with Gasteiger partial charge in [-0.05, 0) is 19.1 Å². The summed E-state index contributed by atoms with van der Waals surface area (Å²) in [5.74, 6) is -1.12. The number of amides is 2. The lowest BCUT2D eigenvalue weighted by Crippen LogP contribution is -2.23. The summed E-state index contributed by atoms with van der Waals surface area (Å²) in [4.78, 5) is 32.4. The molecule has 0 spiro atoms. The Morgan fingerprint density at radius 3 is 2.70 bits per heavy atom. The smallest absolute Gasteiger partial charge is 0.325 e. The highest BCUT2D eigenvalue weighted by molar-refractivity contribution is 8.15. The minimum atomic E-state index is -4.58. The van der Waals surface area contributed by atoms with Crippen LogP contribution in [0.2, 0.25) is 0 Å². The normalized spacial score (nSPS) is 17.1. The van der Waals surface area contributed by atoms with E-state index in [-0.39, 0.29) is 12.1 Å². The Bertz CT molecular complexity index is 909. The number of halogens is 3. The summed E-state index contributed by atoms with van der Waals surface area (Å²) in [6.45, 7) is 1.86. The lowest BCUT2D eigenvalue weighted by Gasteiger charge is -2.14. The zero-order chi connectivity index (χ0) is 19.6. The zero-order valence-corrected chi connectivity index (χ0v) is 15.7. The van der Waals surface area contributed by atoms with Crippen molar-refractivity contribution < 1.29 is 22.8 Å². The molecule has 2 amide bonds. The Morgan fingerprint density at radius 2 is 2.04 bits per heavy atom. The van der Waals surface area contributed by atoms with Gasteiger partial charge in [0.05, 0.1) is 21.3 Å². The predicted molar refractivity (Wildman–Crippen MR) is 99.1 cm³/mol. The number of nitrogens with zero attached hydrogens (tertiary/aromatic N) is 2. The number of para-hydroxylation sites is 1. The maximum atomic E-state index is 13.0. The van der Waals surface area contributed by atoms with Gasteiger partial charge in [0.15, 0.2) is 0 Å². The molecule has 1 aromatic carbocycles. The number of carbonyl (C=O) groups is 2. The number of nitrogens with one attached hydrogen (secondary N) is 1. The van der Waals surface area contributed by atoms with Crippen LogP contribution in [0.4, 0.5) is 18.9 Å². The van der Waals surface area contributed by atoms with E-state index in [9.17, 15) is 22.8 Å². The summed E-state index contributed by atoms with van der Waals surface area (Å²) in [7, 11) is 0. The van der Waals surface area contributed by atoms with Crippen LogP contribution in [-0.2, 0) is 22.2 Å². The van der Waals surface area contributed by atoms with Gasteiger partial charge in [0.1, 0.15) is 5.25 Å². The molecule has 2 aromatic rings. The van der Waals surface area contributed by atoms with Gasteiger partial charge in [0.25, 0.3) is 5.91 Å². The van der Waals surface area contributed by atoms with Crippen LogP contribution in [0, 0.1) is 6.92 Å². The van der Waals surface area contributed by atoms with Crippen molar-refractivity contribution in [2.75, 3.05) is 5.32 Å². The molecule has 1 aliphatic rings. The van der Waals surface area contributed by atoms with Crippen molar-refractivity contribution >= 4 is 45.6 Å². The van der Waals surface area contributed by atoms with Crippen molar-refractivity contribution in [3.8, 4) is 0 Å². The van der Waals surface area contributed by atoms with E-state index in [1.165, 1.54) is 29.5 Å². The van der Waals surface area contributed by atoms with E-state index in [1.54, 1.807) is 0 Å². The molecule has 0 aliphatic carbocycles. The molecule has 1 atom stereocenters. The summed E-state index contributed by atoms with van der Waals surface area (Å²) in [6.07, 6.45) is -4.42. The highest BCUT2D eigenvalue weighted by atomic mass is 32.2. The van der Waals surface area contributed by atoms with Gasteiger partial charge in [-0.15, -0.1) is 11.3 Å². The third-order valence-electron chi connectivity index (χ3n) is 3.63. The second-order valence-corrected chi connectivity index (χ2v) is 8.02. The lowest BCUT2D eigenvalue weighted by atomic mass is 10.1. The number of hydrogen-bond acceptors (Lipinski definition) is 5. The minimum absolute atomic E-state index is 0.250. The van der Waals surface area contributed by atoms with Crippen LogP contribution in [0.15, 0.2) is 34.6 Å². The first-order valence-corrected chi connectivity index (χ1v) is 9.63. The van der Waals surface area contributed by atoms with Crippen molar-refractivity contribution in [1.82, 2.24) is 4.98 Å². The Balaban J connectivity index is 1.60. The summed E-state index contributed by atoms with van der Waals surface area (Å²) in [5, 5.41) is 4.77. The first-order valence-electron chi connectivity index (χ1n) is 7.87. The fourth-order valence-corrected chi connectivity index (χ4v) is 4.42. The molecule has 2 heterocycles. The largest absolute Gasteiger partial charge is 0.418 e. The molecule has 10 heteroatoms. The van der Waals surface area contributed by atoms with Gasteiger partial charge in [-0.25, -0.2) is 9.98 Å². The second kappa shape index (κ2) is 7.81. The molecule has 0 bridgehead atoms. The van der Waals surface area contributed by atoms with E-state index < -0.39 is 28.8 Å². The number of hydrogen-bond donors (Lipinski definition) is 1. The predicted octanol–water partition coefficient (Wildman–Crippen LogP) is 4.08. The number of aryl methyl sites for hydroxylation is 1. The monoisotopic (exact) mass is 413 g/mol. The Morgan fingerprint density at radius 1 is 1.30 bits per heavy atom. The highest BCUT2D eigenvalue weighted by Crippen LogP contribution is 2.35. The molecule has 3 rings (SSSR count). The molecular formula is C17H14F3N3O2S2. The number of alkyl halides is 3. The van der Waals surface area contributed by atoms with Gasteiger partial charge < -0.3 is 5.32 Å². The van der Waals surface area contributed by atoms with E-state index in [2.05, 4.69) is 15.3 Å². The van der Waals surface area contributed by atoms with Crippen molar-refractivity contribution in [2.45, 2.75) is 31.2 Å². The summed E-state index contributed by atoms with van der Waals surface area (Å²) < 4.78 is 39.0. The third-order valence-corrected chi connectivity index (χ3v) is 5.76. The topological polar surface area (TPSA) is 71.4 Å². The van der Waals surface area contributed by atoms with Crippen LogP contribution in [-0.4, -0.2) is 27.1 Å². The molecule has 0 saturated carbocycles. The maximum Gasteiger partial charge on any atom is 0.418 e. The van der Waals surface area contributed by atoms with Crippen LogP contribution in [0.3, 0.4) is 0 Å². The third kappa shape index (κ3) is 4.95. The van der Waals surface area contributed by atoms with Crippen molar-refractivity contribution in [1.29, 1.82) is 0 Å². The van der Waals surface area contributed by atoms with Gasteiger partial charge in [0.2, 0.25) is 5.91 Å². The highest BCUT2D eigenvalue weighted by Gasteiger charge is 2.35. The van der Waals surface area contributed by atoms with Gasteiger partial charge >= 0.3 is 6.18 Å². The number of anilines is 1. The number of benzene rings is 1. The number of carbonyl (C=O) groups excluding carboxylic acids is 2. The Kier molecular flexibility index (Phi) is 5.66. The number of aliphatic imine (C=N–C) groups is 1. The lowest BCUT2D eigenvalue weighted by molar-refractivity contribution is -0.137. The van der Waals surface area contributed by atoms with Crippen LogP contribution in [0.5, 0.6) is 0 Å². The van der Waals surface area contributed by atoms with Crippen LogP contribution in [0.25, 0.3) is 0 Å². The van der Waals surface area contributed by atoms with Crippen LogP contribution >= 0.6 is 23.1 Å². The van der Waals surface area contributed by atoms with Crippen molar-refractivity contribution in [3.63, 3.8) is 0 Å². The molecular weight excluding hydrogens is 399 g/mol. The molecule has 1 N–H and O–H groups in total. The summed E-state index contributed by atoms with van der Waals surface area (Å²) >= 11 is 2.61. The Labute approximate surface area is 161 Å². The first-order chi connectivity index (χ1) is 12.7. The van der Waals surface area contributed by atoms with E-state index >= 15 is 0 Å². The van der Waals surface area contributed by atoms with Gasteiger partial charge in [-0.3, -0.25) is 9.59 Å². The standard InChI is InChI=1S/C17H14F3N3O2S2/c1-9-8-26-14(21-9)7-15-23-16(25)12(27-15)6-13(24)22-11-5-3-2-4-10(11)17(18,19)20/h2-5,8,12H,6-7H2,1H3,(H,22,24)/t12-/m0/s1. The van der Waals surface area contributed by atoms with Crippen LogP contribution < -0.4 is 5.32 Å². The molecule has 1 aromatic heterocycles. The average Bonchev–Trinajstić information content (AvgIpc) is 3.13. The van der Waals surface area contributed by atoms with E-state index in [0.29, 0.717) is 11.5 Å². The molecule has 0 fully saturated rings. The van der Waals surface area contributed by atoms with Crippen molar-refractivity contribution in [3.05, 3.63) is 45.9 Å². The molecule has 0 radical (unpaired) electrons. The molecule has 1 aliphatic heterocycles. The minimum Gasteiger partial charge on any atom is -0.325 e. The quantitative estimate of drug-likeness (QED) is 0.802. The van der Waals surface area contributed by atoms with Gasteiger partial charge in [-0.1, -0.05) is 23.9 Å². The SMILES string of the molecule is Cc1csc(CC2=NC(=O)[C@H](CC(=O)Nc3ccccc3C(F)(F)F)S2)n1. The van der Waals surface area contributed by atoms with E-state index in [0.717, 1.165) is 28.5 Å².